The summed E-state index contributed by atoms with van der Waals surface area (Å²) in [7, 11) is 4.80. The Morgan fingerprint density at radius 1 is 1.33 bits per heavy atom. The Bertz CT molecular complexity index is 520. The standard InChI is InChI=1S/C14H20ClN3O3/c1-17(2)12(19)9-18(7-8-21-3)14(20)10-5-4-6-11(16)13(10)15/h4-6H,7-9,16H2,1-3H3. The molecule has 116 valence electrons. The van der Waals surface area contributed by atoms with E-state index in [0.717, 1.165) is 0 Å². The fraction of sp³-hybridized carbons (Fsp3) is 0.429. The summed E-state index contributed by atoms with van der Waals surface area (Å²) >= 11 is 6.07. The van der Waals surface area contributed by atoms with Gasteiger partial charge in [-0.2, -0.15) is 0 Å². The first-order valence-corrected chi connectivity index (χ1v) is 6.78. The van der Waals surface area contributed by atoms with Gasteiger partial charge in [-0.15, -0.1) is 0 Å². The number of likely N-dealkylation sites (N-methyl/N-ethyl adjacent to an activating group) is 1. The van der Waals surface area contributed by atoms with Crippen LogP contribution in [-0.2, 0) is 9.53 Å². The van der Waals surface area contributed by atoms with Gasteiger partial charge in [-0.3, -0.25) is 9.59 Å². The third-order valence-electron chi connectivity index (χ3n) is 2.94. The highest BCUT2D eigenvalue weighted by molar-refractivity contribution is 6.36. The molecule has 0 aliphatic carbocycles. The number of hydrogen-bond acceptors (Lipinski definition) is 4. The topological polar surface area (TPSA) is 75.9 Å². The van der Waals surface area contributed by atoms with Gasteiger partial charge < -0.3 is 20.3 Å². The molecule has 2 N–H and O–H groups in total. The van der Waals surface area contributed by atoms with E-state index < -0.39 is 0 Å². The molecule has 6 nitrogen and oxygen atoms in total. The van der Waals surface area contributed by atoms with Crippen molar-refractivity contribution < 1.29 is 14.3 Å². The highest BCUT2D eigenvalue weighted by atomic mass is 35.5. The smallest absolute Gasteiger partial charge is 0.255 e. The molecule has 0 saturated heterocycles. The van der Waals surface area contributed by atoms with E-state index in [1.165, 1.54) is 16.9 Å². The Morgan fingerprint density at radius 2 is 2.00 bits per heavy atom. The molecule has 0 radical (unpaired) electrons. The van der Waals surface area contributed by atoms with Crippen molar-refractivity contribution in [1.82, 2.24) is 9.80 Å². The molecule has 1 aromatic carbocycles. The Hall–Kier alpha value is -1.79. The second-order valence-corrected chi connectivity index (χ2v) is 5.09. The lowest BCUT2D eigenvalue weighted by Crippen LogP contribution is -2.42. The maximum atomic E-state index is 12.5. The van der Waals surface area contributed by atoms with Gasteiger partial charge in [0.1, 0.15) is 6.54 Å². The minimum absolute atomic E-state index is 0.0413. The number of nitrogen functional groups attached to an aromatic ring is 1. The zero-order chi connectivity index (χ0) is 16.0. The van der Waals surface area contributed by atoms with Crippen LogP contribution in [0.15, 0.2) is 18.2 Å². The zero-order valence-corrected chi connectivity index (χ0v) is 13.2. The second kappa shape index (κ2) is 7.85. The molecule has 21 heavy (non-hydrogen) atoms. The van der Waals surface area contributed by atoms with Crippen molar-refractivity contribution in [3.63, 3.8) is 0 Å². The number of hydrogen-bond donors (Lipinski definition) is 1. The van der Waals surface area contributed by atoms with Crippen LogP contribution < -0.4 is 5.73 Å². The summed E-state index contributed by atoms with van der Waals surface area (Å²) in [6.07, 6.45) is 0. The summed E-state index contributed by atoms with van der Waals surface area (Å²) in [5.74, 6) is -0.529. The normalized spacial score (nSPS) is 10.3. The molecule has 0 heterocycles. The van der Waals surface area contributed by atoms with Crippen LogP contribution in [0.3, 0.4) is 0 Å². The van der Waals surface area contributed by atoms with Crippen molar-refractivity contribution in [2.45, 2.75) is 0 Å². The van der Waals surface area contributed by atoms with Gasteiger partial charge in [-0.05, 0) is 12.1 Å². The van der Waals surface area contributed by atoms with E-state index in [9.17, 15) is 9.59 Å². The summed E-state index contributed by atoms with van der Waals surface area (Å²) in [5.41, 5.74) is 6.31. The highest BCUT2D eigenvalue weighted by Crippen LogP contribution is 2.24. The third kappa shape index (κ3) is 4.61. The molecule has 0 aromatic heterocycles. The second-order valence-electron chi connectivity index (χ2n) is 4.72. The third-order valence-corrected chi connectivity index (χ3v) is 3.36. The van der Waals surface area contributed by atoms with Crippen LogP contribution in [0.1, 0.15) is 10.4 Å². The molecular weight excluding hydrogens is 294 g/mol. The number of rotatable bonds is 6. The van der Waals surface area contributed by atoms with Crippen molar-refractivity contribution in [2.75, 3.05) is 46.6 Å². The number of halogens is 1. The van der Waals surface area contributed by atoms with E-state index in [4.69, 9.17) is 22.1 Å². The molecule has 0 saturated carbocycles. The number of ether oxygens (including phenoxy) is 1. The molecule has 0 atom stereocenters. The minimum Gasteiger partial charge on any atom is -0.398 e. The zero-order valence-electron chi connectivity index (χ0n) is 12.4. The van der Waals surface area contributed by atoms with Crippen LogP contribution in [-0.4, -0.2) is 62.5 Å². The fourth-order valence-corrected chi connectivity index (χ4v) is 1.85. The van der Waals surface area contributed by atoms with Crippen LogP contribution in [0.2, 0.25) is 5.02 Å². The first kappa shape index (κ1) is 17.3. The lowest BCUT2D eigenvalue weighted by molar-refractivity contribution is -0.129. The van der Waals surface area contributed by atoms with Crippen molar-refractivity contribution in [3.8, 4) is 0 Å². The number of carbonyl (C=O) groups is 2. The SMILES string of the molecule is COCCN(CC(=O)N(C)C)C(=O)c1cccc(N)c1Cl. The summed E-state index contributed by atoms with van der Waals surface area (Å²) in [5, 5.41) is 0.196. The average molecular weight is 314 g/mol. The van der Waals surface area contributed by atoms with Crippen molar-refractivity contribution in [3.05, 3.63) is 28.8 Å². The number of amides is 2. The molecule has 0 spiro atoms. The number of anilines is 1. The van der Waals surface area contributed by atoms with Gasteiger partial charge in [0.2, 0.25) is 5.91 Å². The summed E-state index contributed by atoms with van der Waals surface area (Å²) < 4.78 is 4.98. The molecule has 0 aliphatic heterocycles. The number of nitrogens with two attached hydrogens (primary N) is 1. The number of methoxy groups -OCH3 is 1. The van der Waals surface area contributed by atoms with E-state index in [-0.39, 0.29) is 28.9 Å². The van der Waals surface area contributed by atoms with Gasteiger partial charge in [0.25, 0.3) is 5.91 Å². The van der Waals surface area contributed by atoms with E-state index in [1.807, 2.05) is 0 Å². The molecule has 1 rings (SSSR count). The lowest BCUT2D eigenvalue weighted by Gasteiger charge is -2.24. The lowest BCUT2D eigenvalue weighted by atomic mass is 10.1. The quantitative estimate of drug-likeness (QED) is 0.798. The van der Waals surface area contributed by atoms with Crippen molar-refractivity contribution in [2.24, 2.45) is 0 Å². The number of nitrogens with zero attached hydrogens (tertiary/aromatic N) is 2. The molecular formula is C14H20ClN3O3. The van der Waals surface area contributed by atoms with E-state index in [2.05, 4.69) is 0 Å². The molecule has 0 bridgehead atoms. The monoisotopic (exact) mass is 313 g/mol. The first-order valence-electron chi connectivity index (χ1n) is 6.40. The summed E-state index contributed by atoms with van der Waals surface area (Å²) in [6.45, 7) is 0.576. The Labute approximate surface area is 129 Å². The molecule has 0 fully saturated rings. The van der Waals surface area contributed by atoms with Gasteiger partial charge in [0.05, 0.1) is 22.9 Å². The van der Waals surface area contributed by atoms with Crippen molar-refractivity contribution in [1.29, 1.82) is 0 Å². The minimum atomic E-state index is -0.348. The van der Waals surface area contributed by atoms with E-state index in [1.54, 1.807) is 32.3 Å². The molecule has 0 aliphatic rings. The van der Waals surface area contributed by atoms with Gasteiger partial charge in [-0.1, -0.05) is 17.7 Å². The van der Waals surface area contributed by atoms with Crippen LogP contribution >= 0.6 is 11.6 Å². The predicted octanol–water partition coefficient (Wildman–Crippen LogP) is 1.10. The average Bonchev–Trinajstić information content (AvgIpc) is 2.45. The predicted molar refractivity (Wildman–Crippen MR) is 82.3 cm³/mol. The van der Waals surface area contributed by atoms with E-state index in [0.29, 0.717) is 18.8 Å². The Kier molecular flexibility index (Phi) is 6.45. The maximum Gasteiger partial charge on any atom is 0.255 e. The van der Waals surface area contributed by atoms with Crippen LogP contribution in [0.25, 0.3) is 0 Å². The maximum absolute atomic E-state index is 12.5. The highest BCUT2D eigenvalue weighted by Gasteiger charge is 2.22. The Morgan fingerprint density at radius 3 is 2.57 bits per heavy atom. The van der Waals surface area contributed by atoms with Crippen LogP contribution in [0.5, 0.6) is 0 Å². The fourth-order valence-electron chi connectivity index (χ4n) is 1.64. The summed E-state index contributed by atoms with van der Waals surface area (Å²) in [4.78, 5) is 27.2. The molecule has 0 unspecified atom stereocenters. The molecule has 1 aromatic rings. The van der Waals surface area contributed by atoms with Crippen molar-refractivity contribution >= 4 is 29.1 Å². The van der Waals surface area contributed by atoms with Gasteiger partial charge in [-0.25, -0.2) is 0 Å². The molecule has 2 amide bonds. The first-order chi connectivity index (χ1) is 9.88. The van der Waals surface area contributed by atoms with Gasteiger partial charge >= 0.3 is 0 Å². The van der Waals surface area contributed by atoms with Gasteiger partial charge in [0, 0.05) is 27.7 Å². The van der Waals surface area contributed by atoms with Crippen LogP contribution in [0.4, 0.5) is 5.69 Å². The van der Waals surface area contributed by atoms with Gasteiger partial charge in [0.15, 0.2) is 0 Å². The molecule has 7 heteroatoms. The number of benzene rings is 1. The summed E-state index contributed by atoms with van der Waals surface area (Å²) in [6, 6.07) is 4.85. The van der Waals surface area contributed by atoms with E-state index >= 15 is 0 Å². The largest absolute Gasteiger partial charge is 0.398 e. The Balaban J connectivity index is 2.98. The van der Waals surface area contributed by atoms with Crippen LogP contribution in [0, 0.1) is 0 Å². The number of carbonyl (C=O) groups excluding carboxylic acids is 2.